The van der Waals surface area contributed by atoms with Gasteiger partial charge in [0.25, 0.3) is 0 Å². The maximum absolute atomic E-state index is 11.2. The maximum atomic E-state index is 11.2. The van der Waals surface area contributed by atoms with Crippen LogP contribution < -0.4 is 0 Å². The van der Waals surface area contributed by atoms with E-state index in [-0.39, 0.29) is 13.2 Å². The molecule has 0 rings (SSSR count). The number of hydrogen-bond donors (Lipinski definition) is 0. The van der Waals surface area contributed by atoms with Gasteiger partial charge in [-0.2, -0.15) is 0 Å². The predicted molar refractivity (Wildman–Crippen MR) is 72.6 cm³/mol. The number of carbonyl (C=O) groups is 2. The third-order valence-corrected chi connectivity index (χ3v) is 2.03. The first-order valence-corrected chi connectivity index (χ1v) is 6.20. The molecule has 0 bridgehead atoms. The Morgan fingerprint density at radius 2 is 1.15 bits per heavy atom. The fourth-order valence-electron chi connectivity index (χ4n) is 0.999. The van der Waals surface area contributed by atoms with E-state index in [1.54, 1.807) is 27.7 Å². The second kappa shape index (κ2) is 9.28. The van der Waals surface area contributed by atoms with Crippen molar-refractivity contribution in [3.63, 3.8) is 0 Å². The van der Waals surface area contributed by atoms with Crippen molar-refractivity contribution in [1.29, 1.82) is 0 Å². The average molecular weight is 286 g/mol. The normalized spacial score (nSPS) is 13.2. The van der Waals surface area contributed by atoms with Crippen molar-refractivity contribution < 1.29 is 28.5 Å². The van der Waals surface area contributed by atoms with E-state index in [9.17, 15) is 9.59 Å². The Morgan fingerprint density at radius 3 is 1.40 bits per heavy atom. The molecule has 2 atom stereocenters. The van der Waals surface area contributed by atoms with Crippen LogP contribution in [0.5, 0.6) is 0 Å². The topological polar surface area (TPSA) is 71.1 Å². The van der Waals surface area contributed by atoms with E-state index < -0.39 is 24.5 Å². The number of carbonyl (C=O) groups excluding carboxylic acids is 2. The van der Waals surface area contributed by atoms with Gasteiger partial charge in [0.05, 0.1) is 13.2 Å². The lowest BCUT2D eigenvalue weighted by Gasteiger charge is -2.16. The Labute approximate surface area is 119 Å². The summed E-state index contributed by atoms with van der Waals surface area (Å²) >= 11 is 0. The molecule has 0 aromatic carbocycles. The Kier molecular flexibility index (Phi) is 8.51. The van der Waals surface area contributed by atoms with Gasteiger partial charge in [-0.1, -0.05) is 13.2 Å². The van der Waals surface area contributed by atoms with Gasteiger partial charge in [-0.25, -0.2) is 9.59 Å². The molecular weight excluding hydrogens is 264 g/mol. The van der Waals surface area contributed by atoms with Gasteiger partial charge in [0, 0.05) is 11.1 Å². The lowest BCUT2D eigenvalue weighted by atomic mass is 10.4. The molecule has 114 valence electrons. The Hall–Kier alpha value is -1.66. The van der Waals surface area contributed by atoms with E-state index in [2.05, 4.69) is 13.2 Å². The molecule has 0 spiro atoms. The summed E-state index contributed by atoms with van der Waals surface area (Å²) in [6.07, 6.45) is -1.40. The molecule has 0 aliphatic heterocycles. The van der Waals surface area contributed by atoms with E-state index in [1.165, 1.54) is 0 Å². The first kappa shape index (κ1) is 18.3. The van der Waals surface area contributed by atoms with E-state index in [4.69, 9.17) is 18.9 Å². The zero-order valence-corrected chi connectivity index (χ0v) is 12.4. The molecule has 2 unspecified atom stereocenters. The van der Waals surface area contributed by atoms with Crippen molar-refractivity contribution in [3.8, 4) is 0 Å². The zero-order chi connectivity index (χ0) is 15.7. The van der Waals surface area contributed by atoms with Gasteiger partial charge in [-0.3, -0.25) is 0 Å². The monoisotopic (exact) mass is 286 g/mol. The van der Waals surface area contributed by atoms with Crippen LogP contribution in [-0.2, 0) is 28.5 Å². The van der Waals surface area contributed by atoms with Crippen molar-refractivity contribution >= 4 is 11.9 Å². The minimum absolute atomic E-state index is 0.194. The Morgan fingerprint density at radius 1 is 0.850 bits per heavy atom. The minimum Gasteiger partial charge on any atom is -0.433 e. The van der Waals surface area contributed by atoms with Gasteiger partial charge >= 0.3 is 11.9 Å². The van der Waals surface area contributed by atoms with Crippen molar-refractivity contribution in [3.05, 3.63) is 24.3 Å². The van der Waals surface area contributed by atoms with Crippen LogP contribution >= 0.6 is 0 Å². The summed E-state index contributed by atoms with van der Waals surface area (Å²) in [5, 5.41) is 0. The SMILES string of the molecule is C=C(C)C(=O)OC(C)OCCOC(C)OC(=O)C(=C)C. The van der Waals surface area contributed by atoms with Gasteiger partial charge in [0.1, 0.15) is 0 Å². The predicted octanol–water partition coefficient (Wildman–Crippen LogP) is 1.95. The molecule has 0 radical (unpaired) electrons. The average Bonchev–Trinajstić information content (AvgIpc) is 2.34. The molecule has 0 aliphatic carbocycles. The molecule has 0 amide bonds. The molecule has 0 heterocycles. The molecule has 0 fully saturated rings. The molecule has 6 nitrogen and oxygen atoms in total. The first-order chi connectivity index (χ1) is 9.23. The zero-order valence-electron chi connectivity index (χ0n) is 12.4. The van der Waals surface area contributed by atoms with Gasteiger partial charge < -0.3 is 18.9 Å². The summed E-state index contributed by atoms with van der Waals surface area (Å²) in [5.74, 6) is -1.02. The minimum atomic E-state index is -0.698. The number of ether oxygens (including phenoxy) is 4. The highest BCUT2D eigenvalue weighted by atomic mass is 16.7. The smallest absolute Gasteiger partial charge is 0.335 e. The van der Waals surface area contributed by atoms with Crippen LogP contribution in [0.2, 0.25) is 0 Å². The van der Waals surface area contributed by atoms with Crippen molar-refractivity contribution in [2.24, 2.45) is 0 Å². The lowest BCUT2D eigenvalue weighted by Crippen LogP contribution is -2.23. The van der Waals surface area contributed by atoms with E-state index >= 15 is 0 Å². The van der Waals surface area contributed by atoms with Crippen LogP contribution in [0.25, 0.3) is 0 Å². The highest BCUT2D eigenvalue weighted by Gasteiger charge is 2.12. The third-order valence-electron chi connectivity index (χ3n) is 2.03. The number of hydrogen-bond acceptors (Lipinski definition) is 6. The molecule has 0 aromatic heterocycles. The van der Waals surface area contributed by atoms with E-state index in [1.807, 2.05) is 0 Å². The molecule has 0 saturated heterocycles. The second-order valence-electron chi connectivity index (χ2n) is 4.25. The van der Waals surface area contributed by atoms with E-state index in [0.29, 0.717) is 11.1 Å². The van der Waals surface area contributed by atoms with Crippen LogP contribution in [0.3, 0.4) is 0 Å². The van der Waals surface area contributed by atoms with Crippen LogP contribution in [0.4, 0.5) is 0 Å². The quantitative estimate of drug-likeness (QED) is 0.279. The summed E-state index contributed by atoms with van der Waals surface area (Å²) in [7, 11) is 0. The fraction of sp³-hybridized carbons (Fsp3) is 0.571. The summed E-state index contributed by atoms with van der Waals surface area (Å²) in [6.45, 7) is 13.6. The standard InChI is InChI=1S/C14H22O6/c1-9(2)13(15)19-11(5)17-7-8-18-12(6)20-14(16)10(3)4/h11-12H,1,3,7-8H2,2,4-6H3. The van der Waals surface area contributed by atoms with Crippen LogP contribution in [0.15, 0.2) is 24.3 Å². The van der Waals surface area contributed by atoms with Gasteiger partial charge in [-0.05, 0) is 27.7 Å². The van der Waals surface area contributed by atoms with Crippen LogP contribution in [0, 0.1) is 0 Å². The molecule has 20 heavy (non-hydrogen) atoms. The largest absolute Gasteiger partial charge is 0.433 e. The molecule has 0 aliphatic rings. The fourth-order valence-corrected chi connectivity index (χ4v) is 0.999. The van der Waals surface area contributed by atoms with Gasteiger partial charge in [0.15, 0.2) is 0 Å². The number of esters is 2. The van der Waals surface area contributed by atoms with Crippen LogP contribution in [-0.4, -0.2) is 37.7 Å². The maximum Gasteiger partial charge on any atom is 0.335 e. The molecule has 6 heteroatoms. The molecule has 0 N–H and O–H groups in total. The molecule has 0 aromatic rings. The Balaban J connectivity index is 3.75. The molecule has 0 saturated carbocycles. The van der Waals surface area contributed by atoms with Crippen molar-refractivity contribution in [2.45, 2.75) is 40.3 Å². The highest BCUT2D eigenvalue weighted by molar-refractivity contribution is 5.87. The van der Waals surface area contributed by atoms with Crippen molar-refractivity contribution in [2.75, 3.05) is 13.2 Å². The first-order valence-electron chi connectivity index (χ1n) is 6.20. The Bertz CT molecular complexity index is 338. The van der Waals surface area contributed by atoms with E-state index in [0.717, 1.165) is 0 Å². The van der Waals surface area contributed by atoms with Crippen molar-refractivity contribution in [1.82, 2.24) is 0 Å². The van der Waals surface area contributed by atoms with Crippen LogP contribution in [0.1, 0.15) is 27.7 Å². The lowest BCUT2D eigenvalue weighted by molar-refractivity contribution is -0.186. The summed E-state index contributed by atoms with van der Waals surface area (Å²) in [5.41, 5.74) is 0.606. The second-order valence-corrected chi connectivity index (χ2v) is 4.25. The summed E-state index contributed by atoms with van der Waals surface area (Å²) in [4.78, 5) is 22.4. The molecular formula is C14H22O6. The van der Waals surface area contributed by atoms with Gasteiger partial charge in [-0.15, -0.1) is 0 Å². The number of rotatable bonds is 9. The summed E-state index contributed by atoms with van der Waals surface area (Å²) < 4.78 is 20.2. The summed E-state index contributed by atoms with van der Waals surface area (Å²) in [6, 6.07) is 0. The highest BCUT2D eigenvalue weighted by Crippen LogP contribution is 2.02. The third kappa shape index (κ3) is 8.44. The van der Waals surface area contributed by atoms with Gasteiger partial charge in [0.2, 0.25) is 12.6 Å².